The highest BCUT2D eigenvalue weighted by atomic mass is 79.9. The SMILES string of the molecule is OCCCc1nccc(-c2cccc(Br)c2)n1. The molecule has 0 amide bonds. The molecule has 0 spiro atoms. The monoisotopic (exact) mass is 292 g/mol. The summed E-state index contributed by atoms with van der Waals surface area (Å²) in [5, 5.41) is 8.79. The van der Waals surface area contributed by atoms with E-state index < -0.39 is 0 Å². The largest absolute Gasteiger partial charge is 0.396 e. The van der Waals surface area contributed by atoms with Crippen molar-refractivity contribution in [3.05, 3.63) is 46.8 Å². The predicted molar refractivity (Wildman–Crippen MR) is 70.6 cm³/mol. The molecule has 0 saturated carbocycles. The molecule has 0 aliphatic rings. The van der Waals surface area contributed by atoms with Gasteiger partial charge in [-0.15, -0.1) is 0 Å². The number of aliphatic hydroxyl groups excluding tert-OH is 1. The van der Waals surface area contributed by atoms with E-state index in [-0.39, 0.29) is 6.61 Å². The molecule has 1 N–H and O–H groups in total. The minimum atomic E-state index is 0.171. The van der Waals surface area contributed by atoms with Crippen molar-refractivity contribution in [1.82, 2.24) is 9.97 Å². The highest BCUT2D eigenvalue weighted by Gasteiger charge is 2.02. The van der Waals surface area contributed by atoms with Gasteiger partial charge in [-0.1, -0.05) is 28.1 Å². The fourth-order valence-corrected chi connectivity index (χ4v) is 1.96. The summed E-state index contributed by atoms with van der Waals surface area (Å²) in [6, 6.07) is 9.90. The quantitative estimate of drug-likeness (QED) is 0.943. The van der Waals surface area contributed by atoms with E-state index >= 15 is 0 Å². The van der Waals surface area contributed by atoms with Gasteiger partial charge in [-0.25, -0.2) is 9.97 Å². The maximum atomic E-state index is 8.79. The third-order valence-corrected chi connectivity index (χ3v) is 2.88. The predicted octanol–water partition coefficient (Wildman–Crippen LogP) is 2.83. The Labute approximate surface area is 109 Å². The zero-order chi connectivity index (χ0) is 12.1. The summed E-state index contributed by atoms with van der Waals surface area (Å²) >= 11 is 3.44. The molecule has 0 aliphatic carbocycles. The zero-order valence-electron chi connectivity index (χ0n) is 9.31. The van der Waals surface area contributed by atoms with Crippen LogP contribution in [0.2, 0.25) is 0 Å². The van der Waals surface area contributed by atoms with Crippen molar-refractivity contribution in [3.63, 3.8) is 0 Å². The molecule has 2 aromatic rings. The first-order valence-corrected chi connectivity index (χ1v) is 6.27. The molecule has 0 saturated heterocycles. The van der Waals surface area contributed by atoms with E-state index in [1.54, 1.807) is 6.20 Å². The van der Waals surface area contributed by atoms with Crippen LogP contribution in [0.4, 0.5) is 0 Å². The topological polar surface area (TPSA) is 46.0 Å². The van der Waals surface area contributed by atoms with E-state index in [0.29, 0.717) is 12.8 Å². The van der Waals surface area contributed by atoms with Crippen molar-refractivity contribution in [2.45, 2.75) is 12.8 Å². The van der Waals surface area contributed by atoms with Gasteiger partial charge >= 0.3 is 0 Å². The highest BCUT2D eigenvalue weighted by molar-refractivity contribution is 9.10. The minimum absolute atomic E-state index is 0.171. The van der Waals surface area contributed by atoms with Gasteiger partial charge in [0.2, 0.25) is 0 Å². The molecule has 0 aliphatic heterocycles. The van der Waals surface area contributed by atoms with Gasteiger partial charge < -0.3 is 5.11 Å². The summed E-state index contributed by atoms with van der Waals surface area (Å²) in [5.41, 5.74) is 1.97. The molecular formula is C13H13BrN2O. The number of nitrogens with zero attached hydrogens (tertiary/aromatic N) is 2. The Morgan fingerprint density at radius 2 is 2.12 bits per heavy atom. The van der Waals surface area contributed by atoms with Crippen molar-refractivity contribution in [1.29, 1.82) is 0 Å². The average molecular weight is 293 g/mol. The Morgan fingerprint density at radius 1 is 1.24 bits per heavy atom. The molecule has 1 aromatic carbocycles. The second-order valence-corrected chi connectivity index (χ2v) is 4.61. The van der Waals surface area contributed by atoms with Crippen LogP contribution in [-0.4, -0.2) is 21.7 Å². The van der Waals surface area contributed by atoms with Gasteiger partial charge in [0.1, 0.15) is 5.82 Å². The number of hydrogen-bond donors (Lipinski definition) is 1. The molecule has 1 heterocycles. The lowest BCUT2D eigenvalue weighted by molar-refractivity contribution is 0.287. The first-order valence-electron chi connectivity index (χ1n) is 5.48. The summed E-state index contributed by atoms with van der Waals surface area (Å²) in [4.78, 5) is 8.67. The molecular weight excluding hydrogens is 280 g/mol. The third-order valence-electron chi connectivity index (χ3n) is 2.38. The van der Waals surface area contributed by atoms with Gasteiger partial charge in [0.15, 0.2) is 0 Å². The van der Waals surface area contributed by atoms with E-state index in [1.165, 1.54) is 0 Å². The number of aromatic nitrogens is 2. The van der Waals surface area contributed by atoms with E-state index in [0.717, 1.165) is 21.6 Å². The first-order chi connectivity index (χ1) is 8.29. The van der Waals surface area contributed by atoms with Gasteiger partial charge in [-0.05, 0) is 24.6 Å². The van der Waals surface area contributed by atoms with Gasteiger partial charge in [-0.3, -0.25) is 0 Å². The van der Waals surface area contributed by atoms with Gasteiger partial charge in [0.05, 0.1) is 5.69 Å². The maximum absolute atomic E-state index is 8.79. The molecule has 0 unspecified atom stereocenters. The summed E-state index contributed by atoms with van der Waals surface area (Å²) < 4.78 is 1.03. The van der Waals surface area contributed by atoms with Crippen LogP contribution in [0.15, 0.2) is 41.0 Å². The van der Waals surface area contributed by atoms with Crippen LogP contribution in [0.25, 0.3) is 11.3 Å². The Bertz CT molecular complexity index is 502. The molecule has 0 bridgehead atoms. The third kappa shape index (κ3) is 3.35. The van der Waals surface area contributed by atoms with Crippen LogP contribution in [0.3, 0.4) is 0 Å². The summed E-state index contributed by atoms with van der Waals surface area (Å²) in [6.07, 6.45) is 3.16. The molecule has 0 fully saturated rings. The van der Waals surface area contributed by atoms with E-state index in [4.69, 9.17) is 5.11 Å². The fraction of sp³-hybridized carbons (Fsp3) is 0.231. The second kappa shape index (κ2) is 5.89. The lowest BCUT2D eigenvalue weighted by atomic mass is 10.1. The van der Waals surface area contributed by atoms with Gasteiger partial charge in [0, 0.05) is 29.3 Å². The Morgan fingerprint density at radius 3 is 2.88 bits per heavy atom. The first kappa shape index (κ1) is 12.2. The van der Waals surface area contributed by atoms with Crippen LogP contribution in [0, 0.1) is 0 Å². The number of halogens is 1. The highest BCUT2D eigenvalue weighted by Crippen LogP contribution is 2.20. The number of hydrogen-bond acceptors (Lipinski definition) is 3. The summed E-state index contributed by atoms with van der Waals surface area (Å²) in [5.74, 6) is 0.775. The van der Waals surface area contributed by atoms with Gasteiger partial charge in [0.25, 0.3) is 0 Å². The van der Waals surface area contributed by atoms with Crippen LogP contribution in [0.1, 0.15) is 12.2 Å². The summed E-state index contributed by atoms with van der Waals surface area (Å²) in [7, 11) is 0. The number of aryl methyl sites for hydroxylation is 1. The Kier molecular flexibility index (Phi) is 4.23. The molecule has 3 nitrogen and oxygen atoms in total. The van der Waals surface area contributed by atoms with Crippen LogP contribution in [-0.2, 0) is 6.42 Å². The van der Waals surface area contributed by atoms with Crippen molar-refractivity contribution in [2.75, 3.05) is 6.61 Å². The summed E-state index contributed by atoms with van der Waals surface area (Å²) in [6.45, 7) is 0.171. The van der Waals surface area contributed by atoms with Crippen molar-refractivity contribution in [3.8, 4) is 11.3 Å². The maximum Gasteiger partial charge on any atom is 0.129 e. The molecule has 88 valence electrons. The number of benzene rings is 1. The molecule has 0 atom stereocenters. The van der Waals surface area contributed by atoms with E-state index in [2.05, 4.69) is 25.9 Å². The van der Waals surface area contributed by atoms with Crippen molar-refractivity contribution in [2.24, 2.45) is 0 Å². The van der Waals surface area contributed by atoms with Crippen LogP contribution in [0.5, 0.6) is 0 Å². The molecule has 0 radical (unpaired) electrons. The lowest BCUT2D eigenvalue weighted by Gasteiger charge is -2.03. The van der Waals surface area contributed by atoms with E-state index in [9.17, 15) is 0 Å². The van der Waals surface area contributed by atoms with Crippen LogP contribution < -0.4 is 0 Å². The molecule has 4 heteroatoms. The molecule has 1 aromatic heterocycles. The fourth-order valence-electron chi connectivity index (χ4n) is 1.57. The standard InChI is InChI=1S/C13H13BrN2O/c14-11-4-1-3-10(9-11)12-6-7-15-13(16-12)5-2-8-17/h1,3-4,6-7,9,17H,2,5,8H2. The number of aliphatic hydroxyl groups is 1. The Balaban J connectivity index is 2.26. The lowest BCUT2D eigenvalue weighted by Crippen LogP contribution is -1.98. The molecule has 17 heavy (non-hydrogen) atoms. The second-order valence-electron chi connectivity index (χ2n) is 3.70. The molecule has 2 rings (SSSR count). The Hall–Kier alpha value is -1.26. The normalized spacial score (nSPS) is 10.5. The number of rotatable bonds is 4. The smallest absolute Gasteiger partial charge is 0.129 e. The minimum Gasteiger partial charge on any atom is -0.396 e. The van der Waals surface area contributed by atoms with E-state index in [1.807, 2.05) is 30.3 Å². The van der Waals surface area contributed by atoms with Crippen molar-refractivity contribution >= 4 is 15.9 Å². The average Bonchev–Trinajstić information content (AvgIpc) is 2.37. The van der Waals surface area contributed by atoms with Crippen LogP contribution >= 0.6 is 15.9 Å². The van der Waals surface area contributed by atoms with Gasteiger partial charge in [-0.2, -0.15) is 0 Å². The van der Waals surface area contributed by atoms with Crippen molar-refractivity contribution < 1.29 is 5.11 Å². The zero-order valence-corrected chi connectivity index (χ0v) is 10.9.